The number of hydrogen-bond acceptors (Lipinski definition) is 7. The first-order valence-electron chi connectivity index (χ1n) is 18.4. The third-order valence-corrected chi connectivity index (χ3v) is 9.05. The minimum Gasteiger partial charge on any atom is -0.497 e. The lowest BCUT2D eigenvalue weighted by atomic mass is 10.0. The average molecular weight is 728 g/mol. The maximum atomic E-state index is 14.0. The maximum absolute atomic E-state index is 14.0. The largest absolute Gasteiger partial charge is 0.497 e. The molecule has 5 amide bonds. The molecule has 0 bridgehead atoms. The van der Waals surface area contributed by atoms with Crippen molar-refractivity contribution in [2.24, 2.45) is 5.92 Å². The Bertz CT molecular complexity index is 1660. The van der Waals surface area contributed by atoms with Crippen LogP contribution < -0.4 is 30.7 Å². The first-order chi connectivity index (χ1) is 25.5. The van der Waals surface area contributed by atoms with Crippen molar-refractivity contribution in [1.82, 2.24) is 26.2 Å². The molecule has 0 saturated carbocycles. The summed E-state index contributed by atoms with van der Waals surface area (Å²) in [4.78, 5) is 70.5. The molecule has 0 fully saturated rings. The Kier molecular flexibility index (Phi) is 15.7. The van der Waals surface area contributed by atoms with Crippen molar-refractivity contribution in [2.45, 2.75) is 83.5 Å². The summed E-state index contributed by atoms with van der Waals surface area (Å²) < 4.78 is 11.2. The number of methoxy groups -OCH3 is 1. The third kappa shape index (κ3) is 13.0. The predicted molar refractivity (Wildman–Crippen MR) is 202 cm³/mol. The Balaban J connectivity index is 1.63. The van der Waals surface area contributed by atoms with Gasteiger partial charge in [-0.1, -0.05) is 81.3 Å². The molecule has 4 N–H and O–H groups in total. The first-order valence-corrected chi connectivity index (χ1v) is 18.4. The van der Waals surface area contributed by atoms with Crippen LogP contribution in [0.4, 0.5) is 0 Å². The van der Waals surface area contributed by atoms with Crippen molar-refractivity contribution >= 4 is 29.5 Å². The smallest absolute Gasteiger partial charge is 0.255 e. The molecule has 4 rings (SSSR count). The molecule has 3 atom stereocenters. The Morgan fingerprint density at radius 3 is 2.26 bits per heavy atom. The van der Waals surface area contributed by atoms with Crippen LogP contribution in [0.15, 0.2) is 78.9 Å². The zero-order chi connectivity index (χ0) is 38.2. The summed E-state index contributed by atoms with van der Waals surface area (Å²) >= 11 is 0. The van der Waals surface area contributed by atoms with Crippen molar-refractivity contribution in [2.75, 3.05) is 27.3 Å². The lowest BCUT2D eigenvalue weighted by Crippen LogP contribution is -2.56. The van der Waals surface area contributed by atoms with Gasteiger partial charge in [0, 0.05) is 26.6 Å². The molecule has 0 saturated heterocycles. The molecule has 0 aromatic heterocycles. The van der Waals surface area contributed by atoms with Crippen LogP contribution in [0.3, 0.4) is 0 Å². The predicted octanol–water partition coefficient (Wildman–Crippen LogP) is 4.17. The van der Waals surface area contributed by atoms with E-state index in [1.807, 2.05) is 44.2 Å². The number of carbonyl (C=O) groups is 5. The molecule has 0 unspecified atom stereocenters. The number of benzene rings is 3. The van der Waals surface area contributed by atoms with Gasteiger partial charge in [-0.2, -0.15) is 0 Å². The highest BCUT2D eigenvalue weighted by molar-refractivity contribution is 6.01. The quantitative estimate of drug-likeness (QED) is 0.272. The summed E-state index contributed by atoms with van der Waals surface area (Å²) in [6, 6.07) is 20.0. The van der Waals surface area contributed by atoms with Gasteiger partial charge >= 0.3 is 0 Å². The Labute approximate surface area is 312 Å². The van der Waals surface area contributed by atoms with Gasteiger partial charge in [-0.05, 0) is 60.6 Å². The van der Waals surface area contributed by atoms with Crippen molar-refractivity contribution in [1.29, 1.82) is 0 Å². The molecule has 1 aliphatic heterocycles. The number of para-hydroxylation sites is 1. The molecule has 12 nitrogen and oxygen atoms in total. The fraction of sp³-hybridized carbons (Fsp3) is 0.439. The molecule has 0 aliphatic carbocycles. The van der Waals surface area contributed by atoms with Crippen LogP contribution in [-0.2, 0) is 32.1 Å². The van der Waals surface area contributed by atoms with Crippen LogP contribution >= 0.6 is 0 Å². The molecule has 0 radical (unpaired) electrons. The molecule has 53 heavy (non-hydrogen) atoms. The van der Waals surface area contributed by atoms with E-state index in [2.05, 4.69) is 21.3 Å². The van der Waals surface area contributed by atoms with E-state index < -0.39 is 48.2 Å². The van der Waals surface area contributed by atoms with Crippen LogP contribution in [0.1, 0.15) is 73.9 Å². The van der Waals surface area contributed by atoms with Gasteiger partial charge in [0.15, 0.2) is 0 Å². The monoisotopic (exact) mass is 727 g/mol. The highest BCUT2D eigenvalue weighted by Crippen LogP contribution is 2.20. The third-order valence-electron chi connectivity index (χ3n) is 9.05. The molecular formula is C41H53N5O7. The van der Waals surface area contributed by atoms with Gasteiger partial charge in [-0.25, -0.2) is 0 Å². The number of rotatable bonds is 8. The van der Waals surface area contributed by atoms with Crippen LogP contribution in [0.25, 0.3) is 0 Å². The summed E-state index contributed by atoms with van der Waals surface area (Å²) in [6.07, 6.45) is 3.33. The normalized spacial score (nSPS) is 19.8. The fourth-order valence-electron chi connectivity index (χ4n) is 6.11. The van der Waals surface area contributed by atoms with Gasteiger partial charge in [-0.15, -0.1) is 0 Å². The number of nitrogens with one attached hydrogen (secondary N) is 4. The molecule has 3 aromatic rings. The van der Waals surface area contributed by atoms with E-state index in [1.165, 1.54) is 0 Å². The highest BCUT2D eigenvalue weighted by atomic mass is 16.5. The van der Waals surface area contributed by atoms with Crippen molar-refractivity contribution < 1.29 is 33.4 Å². The van der Waals surface area contributed by atoms with Crippen molar-refractivity contribution in [3.05, 3.63) is 95.6 Å². The second-order valence-corrected chi connectivity index (χ2v) is 13.8. The number of nitrogens with zero attached hydrogens (tertiary/aromatic N) is 1. The van der Waals surface area contributed by atoms with Crippen LogP contribution in [0.2, 0.25) is 0 Å². The van der Waals surface area contributed by atoms with E-state index in [4.69, 9.17) is 9.47 Å². The second-order valence-electron chi connectivity index (χ2n) is 13.8. The molecule has 12 heteroatoms. The van der Waals surface area contributed by atoms with E-state index in [0.717, 1.165) is 36.8 Å². The fourth-order valence-corrected chi connectivity index (χ4v) is 6.11. The Morgan fingerprint density at radius 2 is 1.55 bits per heavy atom. The molecule has 3 aromatic carbocycles. The van der Waals surface area contributed by atoms with E-state index in [-0.39, 0.29) is 30.4 Å². The number of likely N-dealkylation sites (N-methyl/N-ethyl adjacent to an activating group) is 1. The lowest BCUT2D eigenvalue weighted by molar-refractivity contribution is -0.137. The van der Waals surface area contributed by atoms with Gasteiger partial charge in [0.1, 0.15) is 29.6 Å². The average Bonchev–Trinajstić information content (AvgIpc) is 3.15. The number of ether oxygens (including phenoxy) is 2. The van der Waals surface area contributed by atoms with Gasteiger partial charge < -0.3 is 35.6 Å². The molecule has 1 heterocycles. The number of fused-ring (bicyclic) bond motifs is 1. The summed E-state index contributed by atoms with van der Waals surface area (Å²) in [5.41, 5.74) is 1.80. The summed E-state index contributed by atoms with van der Waals surface area (Å²) in [6.45, 7) is 5.00. The summed E-state index contributed by atoms with van der Waals surface area (Å²) in [7, 11) is 3.30. The van der Waals surface area contributed by atoms with Crippen LogP contribution in [-0.4, -0.2) is 79.9 Å². The van der Waals surface area contributed by atoms with E-state index in [1.54, 1.807) is 67.6 Å². The maximum Gasteiger partial charge on any atom is 0.255 e. The molecule has 0 spiro atoms. The van der Waals surface area contributed by atoms with E-state index in [9.17, 15) is 24.0 Å². The standard InChI is InChI=1S/C41H53N5O7/c1-28(2)24-35-41(51)46(3)22-12-5-6-13-23-53-36-17-11-10-16-32(36)38(48)44-34(39(49)42-27-30-18-20-31(52-4)21-19-30)26-37(47)43-33(40(50)45-35)25-29-14-8-7-9-15-29/h7-11,14-21,28,33-35H,5-6,12-13,22-27H2,1-4H3,(H,42,49)(H,43,47)(H,44,48)(H,45,50)/t33-,34-,35-/m0/s1. The van der Waals surface area contributed by atoms with Crippen LogP contribution in [0, 0.1) is 5.92 Å². The van der Waals surface area contributed by atoms with Crippen molar-refractivity contribution in [3.63, 3.8) is 0 Å². The molecule has 1 aliphatic rings. The number of amides is 5. The van der Waals surface area contributed by atoms with E-state index >= 15 is 0 Å². The Hall–Kier alpha value is -5.39. The van der Waals surface area contributed by atoms with Crippen molar-refractivity contribution in [3.8, 4) is 11.5 Å². The van der Waals surface area contributed by atoms with E-state index in [0.29, 0.717) is 31.1 Å². The summed E-state index contributed by atoms with van der Waals surface area (Å²) in [5, 5.41) is 11.3. The zero-order valence-electron chi connectivity index (χ0n) is 31.2. The van der Waals surface area contributed by atoms with Gasteiger partial charge in [0.25, 0.3) is 5.91 Å². The molecular weight excluding hydrogens is 674 g/mol. The number of hydrogen-bond donors (Lipinski definition) is 4. The second kappa shape index (κ2) is 20.6. The zero-order valence-corrected chi connectivity index (χ0v) is 31.2. The minimum absolute atomic E-state index is 0.110. The van der Waals surface area contributed by atoms with Crippen LogP contribution in [0.5, 0.6) is 11.5 Å². The number of carbonyl (C=O) groups excluding carboxylic acids is 5. The van der Waals surface area contributed by atoms with Gasteiger partial charge in [0.2, 0.25) is 23.6 Å². The van der Waals surface area contributed by atoms with Gasteiger partial charge in [-0.3, -0.25) is 24.0 Å². The van der Waals surface area contributed by atoms with Gasteiger partial charge in [0.05, 0.1) is 25.7 Å². The minimum atomic E-state index is -1.30. The first kappa shape index (κ1) is 40.4. The SMILES string of the molecule is COc1ccc(CNC(=O)[C@@H]2CC(=O)N[C@@H](Cc3ccccc3)C(=O)N[C@@H](CC(C)C)C(=O)N(C)CCCCCCOc3ccccc3C(=O)N2)cc1. The Morgan fingerprint density at radius 1 is 0.849 bits per heavy atom. The highest BCUT2D eigenvalue weighted by Gasteiger charge is 2.31. The lowest BCUT2D eigenvalue weighted by Gasteiger charge is -2.28. The summed E-state index contributed by atoms with van der Waals surface area (Å²) in [5.74, 6) is -1.38. The molecule has 284 valence electrons. The topological polar surface area (TPSA) is 155 Å².